The Hall–Kier alpha value is -2.53. The summed E-state index contributed by atoms with van der Waals surface area (Å²) in [4.78, 5) is 12.2. The van der Waals surface area contributed by atoms with Crippen LogP contribution in [0, 0.1) is 0 Å². The van der Waals surface area contributed by atoms with E-state index in [9.17, 15) is 9.90 Å². The highest BCUT2D eigenvalue weighted by Gasteiger charge is 2.14. The number of nitrogens with two attached hydrogens (primary N) is 1. The number of phenols is 1. The van der Waals surface area contributed by atoms with Gasteiger partial charge < -0.3 is 20.9 Å². The topological polar surface area (TPSA) is 84.6 Å². The van der Waals surface area contributed by atoms with Crippen LogP contribution >= 0.6 is 0 Å². The summed E-state index contributed by atoms with van der Waals surface area (Å²) < 4.78 is 5.08. The smallest absolute Gasteiger partial charge is 0.259 e. The van der Waals surface area contributed by atoms with Crippen molar-refractivity contribution in [2.45, 2.75) is 6.61 Å². The molecule has 5 heteroatoms. The quantitative estimate of drug-likeness (QED) is 0.589. The molecular formula is C15H16N2O3. The maximum absolute atomic E-state index is 12.2. The fraction of sp³-hybridized carbons (Fsp3) is 0.133. The minimum Gasteiger partial charge on any atom is -0.505 e. The third-order valence-electron chi connectivity index (χ3n) is 2.88. The Balaban J connectivity index is 2.26. The van der Waals surface area contributed by atoms with Crippen molar-refractivity contribution in [3.05, 3.63) is 53.6 Å². The highest BCUT2D eigenvalue weighted by molar-refractivity contribution is 6.07. The number of methoxy groups -OCH3 is 1. The normalized spacial score (nSPS) is 10.2. The first-order valence-electron chi connectivity index (χ1n) is 6.09. The molecular weight excluding hydrogens is 256 g/mol. The number of ether oxygens (including phenoxy) is 1. The molecule has 0 aliphatic heterocycles. The van der Waals surface area contributed by atoms with Crippen LogP contribution in [0.4, 0.5) is 11.4 Å². The van der Waals surface area contributed by atoms with Gasteiger partial charge in [-0.25, -0.2) is 0 Å². The van der Waals surface area contributed by atoms with Gasteiger partial charge in [0.25, 0.3) is 5.91 Å². The van der Waals surface area contributed by atoms with E-state index < -0.39 is 5.91 Å². The molecule has 0 fully saturated rings. The Morgan fingerprint density at radius 1 is 1.25 bits per heavy atom. The summed E-state index contributed by atoms with van der Waals surface area (Å²) in [7, 11) is 1.59. The third kappa shape index (κ3) is 2.89. The second-order valence-electron chi connectivity index (χ2n) is 4.29. The van der Waals surface area contributed by atoms with E-state index in [1.54, 1.807) is 19.2 Å². The minimum absolute atomic E-state index is 0.136. The molecule has 0 unspecified atom stereocenters. The van der Waals surface area contributed by atoms with Gasteiger partial charge in [-0.2, -0.15) is 0 Å². The van der Waals surface area contributed by atoms with E-state index in [0.29, 0.717) is 12.3 Å². The van der Waals surface area contributed by atoms with Crippen LogP contribution < -0.4 is 11.1 Å². The lowest BCUT2D eigenvalue weighted by Crippen LogP contribution is -2.14. The maximum Gasteiger partial charge on any atom is 0.259 e. The first kappa shape index (κ1) is 13.9. The molecule has 5 nitrogen and oxygen atoms in total. The SMILES string of the molecule is COCc1ccccc1NC(=O)c1cccc(N)c1O. The zero-order valence-electron chi connectivity index (χ0n) is 11.1. The van der Waals surface area contributed by atoms with E-state index in [0.717, 1.165) is 5.56 Å². The summed E-state index contributed by atoms with van der Waals surface area (Å²) in [6.07, 6.45) is 0. The molecule has 0 heterocycles. The lowest BCUT2D eigenvalue weighted by atomic mass is 10.1. The Morgan fingerprint density at radius 3 is 2.75 bits per heavy atom. The van der Waals surface area contributed by atoms with E-state index >= 15 is 0 Å². The van der Waals surface area contributed by atoms with Crippen LogP contribution in [0.25, 0.3) is 0 Å². The molecule has 4 N–H and O–H groups in total. The van der Waals surface area contributed by atoms with Crippen LogP contribution in [0.15, 0.2) is 42.5 Å². The van der Waals surface area contributed by atoms with Crippen molar-refractivity contribution in [1.82, 2.24) is 0 Å². The average Bonchev–Trinajstić information content (AvgIpc) is 2.44. The molecule has 0 bridgehead atoms. The van der Waals surface area contributed by atoms with Crippen molar-refractivity contribution >= 4 is 17.3 Å². The van der Waals surface area contributed by atoms with Crippen LogP contribution in [-0.4, -0.2) is 18.1 Å². The number of carbonyl (C=O) groups excluding carboxylic acids is 1. The number of hydrogen-bond donors (Lipinski definition) is 3. The molecule has 0 saturated heterocycles. The van der Waals surface area contributed by atoms with E-state index in [-0.39, 0.29) is 17.0 Å². The molecule has 2 aromatic rings. The van der Waals surface area contributed by atoms with Crippen molar-refractivity contribution in [2.75, 3.05) is 18.2 Å². The third-order valence-corrected chi connectivity index (χ3v) is 2.88. The van der Waals surface area contributed by atoms with Crippen LogP contribution in [0.5, 0.6) is 5.75 Å². The van der Waals surface area contributed by atoms with Crippen LogP contribution in [-0.2, 0) is 11.3 Å². The van der Waals surface area contributed by atoms with Crippen LogP contribution in [0.1, 0.15) is 15.9 Å². The Labute approximate surface area is 117 Å². The lowest BCUT2D eigenvalue weighted by molar-refractivity contribution is 0.102. The van der Waals surface area contributed by atoms with Crippen LogP contribution in [0.2, 0.25) is 0 Å². The molecule has 20 heavy (non-hydrogen) atoms. The van der Waals surface area contributed by atoms with Crippen LogP contribution in [0.3, 0.4) is 0 Å². The monoisotopic (exact) mass is 272 g/mol. The van der Waals surface area contributed by atoms with Gasteiger partial charge >= 0.3 is 0 Å². The second kappa shape index (κ2) is 6.08. The Morgan fingerprint density at radius 2 is 2.00 bits per heavy atom. The molecule has 0 atom stereocenters. The lowest BCUT2D eigenvalue weighted by Gasteiger charge is -2.11. The highest BCUT2D eigenvalue weighted by atomic mass is 16.5. The molecule has 2 aromatic carbocycles. The van der Waals surface area contributed by atoms with Gasteiger partial charge in [-0.05, 0) is 18.2 Å². The predicted octanol–water partition coefficient (Wildman–Crippen LogP) is 2.37. The van der Waals surface area contributed by atoms with Gasteiger partial charge in [-0.15, -0.1) is 0 Å². The van der Waals surface area contributed by atoms with E-state index in [2.05, 4.69) is 5.32 Å². The predicted molar refractivity (Wildman–Crippen MR) is 77.6 cm³/mol. The van der Waals surface area contributed by atoms with Gasteiger partial charge in [0.15, 0.2) is 5.75 Å². The number of carbonyl (C=O) groups is 1. The molecule has 0 spiro atoms. The first-order valence-corrected chi connectivity index (χ1v) is 6.09. The average molecular weight is 272 g/mol. The molecule has 0 saturated carbocycles. The summed E-state index contributed by atoms with van der Waals surface area (Å²) in [6, 6.07) is 12.0. The number of nitrogen functional groups attached to an aromatic ring is 1. The van der Waals surface area contributed by atoms with Crippen molar-refractivity contribution in [1.29, 1.82) is 0 Å². The number of nitrogens with one attached hydrogen (secondary N) is 1. The molecule has 1 amide bonds. The fourth-order valence-electron chi connectivity index (χ4n) is 1.86. The van der Waals surface area contributed by atoms with Gasteiger partial charge in [0.2, 0.25) is 0 Å². The number of anilines is 2. The second-order valence-corrected chi connectivity index (χ2v) is 4.29. The molecule has 0 aliphatic rings. The maximum atomic E-state index is 12.2. The van der Waals surface area contributed by atoms with Gasteiger partial charge in [-0.1, -0.05) is 24.3 Å². The molecule has 104 valence electrons. The number of phenolic OH excluding ortho intramolecular Hbond substituents is 1. The van der Waals surface area contributed by atoms with Crippen molar-refractivity contribution in [2.24, 2.45) is 0 Å². The van der Waals surface area contributed by atoms with Gasteiger partial charge in [0.1, 0.15) is 0 Å². The number of amides is 1. The van der Waals surface area contributed by atoms with Gasteiger partial charge in [-0.3, -0.25) is 4.79 Å². The molecule has 2 rings (SSSR count). The molecule has 0 aliphatic carbocycles. The van der Waals surface area contributed by atoms with Crippen molar-refractivity contribution in [3.8, 4) is 5.75 Å². The Kier molecular flexibility index (Phi) is 4.22. The molecule has 0 aromatic heterocycles. The van der Waals surface area contributed by atoms with Gasteiger partial charge in [0.05, 0.1) is 17.9 Å². The van der Waals surface area contributed by atoms with E-state index in [4.69, 9.17) is 10.5 Å². The number of para-hydroxylation sites is 2. The van der Waals surface area contributed by atoms with E-state index in [1.165, 1.54) is 12.1 Å². The summed E-state index contributed by atoms with van der Waals surface area (Å²) >= 11 is 0. The number of hydrogen-bond acceptors (Lipinski definition) is 4. The zero-order chi connectivity index (χ0) is 14.5. The minimum atomic E-state index is -0.418. The van der Waals surface area contributed by atoms with Crippen molar-refractivity contribution in [3.63, 3.8) is 0 Å². The summed E-state index contributed by atoms with van der Waals surface area (Å²) in [5, 5.41) is 12.6. The fourth-order valence-corrected chi connectivity index (χ4v) is 1.86. The largest absolute Gasteiger partial charge is 0.505 e. The standard InChI is InChI=1S/C15H16N2O3/c1-20-9-10-5-2-3-8-13(10)17-15(19)11-6-4-7-12(16)14(11)18/h2-8,18H,9,16H2,1H3,(H,17,19). The van der Waals surface area contributed by atoms with Crippen molar-refractivity contribution < 1.29 is 14.6 Å². The number of aromatic hydroxyl groups is 1. The summed E-state index contributed by atoms with van der Waals surface area (Å²) in [5.74, 6) is -0.632. The first-order chi connectivity index (χ1) is 9.63. The van der Waals surface area contributed by atoms with E-state index in [1.807, 2.05) is 18.2 Å². The zero-order valence-corrected chi connectivity index (χ0v) is 11.1. The number of benzene rings is 2. The summed E-state index contributed by atoms with van der Waals surface area (Å²) in [5.41, 5.74) is 7.38. The highest BCUT2D eigenvalue weighted by Crippen LogP contribution is 2.26. The van der Waals surface area contributed by atoms with Gasteiger partial charge in [0, 0.05) is 18.4 Å². The summed E-state index contributed by atoms with van der Waals surface area (Å²) in [6.45, 7) is 0.388. The molecule has 0 radical (unpaired) electrons. The Bertz CT molecular complexity index is 626. The number of rotatable bonds is 4.